The Hall–Kier alpha value is -1.78. The number of benzene rings is 2. The molecular formula is C16H15FN2S. The van der Waals surface area contributed by atoms with Crippen molar-refractivity contribution < 1.29 is 4.39 Å². The Kier molecular flexibility index (Phi) is 3.76. The molecule has 0 aliphatic carbocycles. The van der Waals surface area contributed by atoms with Crippen LogP contribution in [0.3, 0.4) is 0 Å². The maximum atomic E-state index is 13.2. The molecule has 3 aromatic rings. The summed E-state index contributed by atoms with van der Waals surface area (Å²) in [7, 11) is 0. The quantitative estimate of drug-likeness (QED) is 0.785. The van der Waals surface area contributed by atoms with Gasteiger partial charge in [-0.2, -0.15) is 0 Å². The van der Waals surface area contributed by atoms with E-state index < -0.39 is 0 Å². The van der Waals surface area contributed by atoms with E-state index in [0.29, 0.717) is 0 Å². The first-order valence-electron chi connectivity index (χ1n) is 6.58. The Labute approximate surface area is 121 Å². The second kappa shape index (κ2) is 5.69. The highest BCUT2D eigenvalue weighted by molar-refractivity contribution is 7.18. The zero-order chi connectivity index (χ0) is 13.9. The Bertz CT molecular complexity index is 709. The number of nitrogens with zero attached hydrogens (tertiary/aromatic N) is 1. The molecule has 0 amide bonds. The fourth-order valence-corrected chi connectivity index (χ4v) is 3.19. The maximum Gasteiger partial charge on any atom is 0.124 e. The number of hydrogen-bond acceptors (Lipinski definition) is 3. The van der Waals surface area contributed by atoms with Crippen LogP contribution in [0, 0.1) is 5.82 Å². The second-order valence-corrected chi connectivity index (χ2v) is 5.86. The summed E-state index contributed by atoms with van der Waals surface area (Å²) in [4.78, 5) is 4.49. The van der Waals surface area contributed by atoms with Gasteiger partial charge in [0.25, 0.3) is 0 Å². The van der Waals surface area contributed by atoms with Gasteiger partial charge in [-0.25, -0.2) is 9.37 Å². The van der Waals surface area contributed by atoms with Gasteiger partial charge in [-0.05, 0) is 36.6 Å². The fourth-order valence-electron chi connectivity index (χ4n) is 2.17. The largest absolute Gasteiger partial charge is 0.322 e. The molecule has 0 aliphatic heterocycles. The highest BCUT2D eigenvalue weighted by atomic mass is 32.1. The number of aromatic nitrogens is 1. The van der Waals surface area contributed by atoms with E-state index in [1.165, 1.54) is 29.0 Å². The van der Waals surface area contributed by atoms with Crippen LogP contribution in [0.2, 0.25) is 0 Å². The molecule has 4 heteroatoms. The zero-order valence-corrected chi connectivity index (χ0v) is 11.7. The Morgan fingerprint density at radius 3 is 2.75 bits per heavy atom. The number of nitrogens with two attached hydrogens (primary N) is 1. The molecule has 1 aromatic heterocycles. The third-order valence-electron chi connectivity index (χ3n) is 3.27. The molecule has 2 N–H and O–H groups in total. The molecule has 0 saturated carbocycles. The van der Waals surface area contributed by atoms with Gasteiger partial charge in [0.15, 0.2) is 0 Å². The summed E-state index contributed by atoms with van der Waals surface area (Å²) < 4.78 is 14.0. The predicted octanol–water partition coefficient (Wildman–Crippen LogP) is 4.07. The monoisotopic (exact) mass is 286 g/mol. The highest BCUT2D eigenvalue weighted by Crippen LogP contribution is 2.28. The molecule has 0 aliphatic rings. The number of fused-ring (bicyclic) bond motifs is 1. The third kappa shape index (κ3) is 2.86. The number of hydrogen-bond donors (Lipinski definition) is 1. The van der Waals surface area contributed by atoms with E-state index in [9.17, 15) is 4.39 Å². The smallest absolute Gasteiger partial charge is 0.124 e. The molecule has 2 nitrogen and oxygen atoms in total. The molecular weight excluding hydrogens is 271 g/mol. The summed E-state index contributed by atoms with van der Waals surface area (Å²) in [5, 5.41) is 0.876. The Morgan fingerprint density at radius 1 is 1.15 bits per heavy atom. The van der Waals surface area contributed by atoms with Crippen LogP contribution in [0.4, 0.5) is 4.39 Å². The van der Waals surface area contributed by atoms with E-state index in [-0.39, 0.29) is 11.9 Å². The van der Waals surface area contributed by atoms with Crippen molar-refractivity contribution in [3.05, 3.63) is 64.9 Å². The number of thiazole rings is 1. The van der Waals surface area contributed by atoms with Gasteiger partial charge in [-0.15, -0.1) is 11.3 Å². The average molecular weight is 286 g/mol. The van der Waals surface area contributed by atoms with E-state index in [0.717, 1.165) is 28.1 Å². The normalized spacial score (nSPS) is 12.7. The third-order valence-corrected chi connectivity index (χ3v) is 4.42. The second-order valence-electron chi connectivity index (χ2n) is 4.79. The van der Waals surface area contributed by atoms with Crippen LogP contribution in [0.5, 0.6) is 0 Å². The number of rotatable bonds is 4. The van der Waals surface area contributed by atoms with Crippen molar-refractivity contribution in [1.29, 1.82) is 0 Å². The predicted molar refractivity (Wildman–Crippen MR) is 81.3 cm³/mol. The van der Waals surface area contributed by atoms with Crippen molar-refractivity contribution in [3.63, 3.8) is 0 Å². The van der Waals surface area contributed by atoms with Crippen molar-refractivity contribution in [2.24, 2.45) is 5.73 Å². The first kappa shape index (κ1) is 13.2. The van der Waals surface area contributed by atoms with Crippen molar-refractivity contribution in [3.8, 4) is 0 Å². The summed E-state index contributed by atoms with van der Waals surface area (Å²) in [6.45, 7) is 0. The van der Waals surface area contributed by atoms with Crippen LogP contribution in [0.25, 0.3) is 10.2 Å². The van der Waals surface area contributed by atoms with Gasteiger partial charge < -0.3 is 5.73 Å². The number of halogens is 1. The molecule has 0 spiro atoms. The lowest BCUT2D eigenvalue weighted by Gasteiger charge is -2.07. The van der Waals surface area contributed by atoms with Crippen molar-refractivity contribution in [1.82, 2.24) is 4.98 Å². The van der Waals surface area contributed by atoms with Gasteiger partial charge in [0, 0.05) is 0 Å². The summed E-state index contributed by atoms with van der Waals surface area (Å²) in [6.07, 6.45) is 1.76. The van der Waals surface area contributed by atoms with Crippen molar-refractivity contribution in [2.45, 2.75) is 18.9 Å². The molecule has 3 rings (SSSR count). The molecule has 102 valence electrons. The zero-order valence-electron chi connectivity index (χ0n) is 10.9. The fraction of sp³-hybridized carbons (Fsp3) is 0.188. The van der Waals surface area contributed by atoms with E-state index in [4.69, 9.17) is 5.73 Å². The minimum atomic E-state index is -0.231. The highest BCUT2D eigenvalue weighted by Gasteiger charge is 2.12. The van der Waals surface area contributed by atoms with Gasteiger partial charge in [0.1, 0.15) is 10.8 Å². The van der Waals surface area contributed by atoms with Crippen LogP contribution in [-0.4, -0.2) is 4.98 Å². The Morgan fingerprint density at radius 2 is 1.95 bits per heavy atom. The van der Waals surface area contributed by atoms with Crippen LogP contribution in [0.1, 0.15) is 23.0 Å². The minimum absolute atomic E-state index is 0.101. The number of aryl methyl sites for hydroxylation is 1. The summed E-state index contributed by atoms with van der Waals surface area (Å²) >= 11 is 1.48. The van der Waals surface area contributed by atoms with Gasteiger partial charge in [-0.1, -0.05) is 30.3 Å². The van der Waals surface area contributed by atoms with Crippen molar-refractivity contribution in [2.75, 3.05) is 0 Å². The first-order valence-corrected chi connectivity index (χ1v) is 7.39. The summed E-state index contributed by atoms with van der Waals surface area (Å²) in [6, 6.07) is 14.8. The van der Waals surface area contributed by atoms with E-state index in [2.05, 4.69) is 17.1 Å². The lowest BCUT2D eigenvalue weighted by Crippen LogP contribution is -2.10. The molecule has 1 unspecified atom stereocenters. The molecule has 0 bridgehead atoms. The van der Waals surface area contributed by atoms with Crippen LogP contribution >= 0.6 is 11.3 Å². The molecule has 0 saturated heterocycles. The molecule has 20 heavy (non-hydrogen) atoms. The molecule has 0 radical (unpaired) electrons. The topological polar surface area (TPSA) is 38.9 Å². The van der Waals surface area contributed by atoms with Gasteiger partial charge in [0.2, 0.25) is 0 Å². The lowest BCUT2D eigenvalue weighted by molar-refractivity contribution is 0.630. The minimum Gasteiger partial charge on any atom is -0.322 e. The van der Waals surface area contributed by atoms with Gasteiger partial charge in [0.05, 0.1) is 16.3 Å². The molecule has 0 fully saturated rings. The standard InChI is InChI=1S/C16H15FN2S/c17-12-7-9-14-15(10-12)20-16(19-14)13(18)8-6-11-4-2-1-3-5-11/h1-5,7,9-10,13H,6,8,18H2. The van der Waals surface area contributed by atoms with Crippen LogP contribution in [0.15, 0.2) is 48.5 Å². The van der Waals surface area contributed by atoms with Crippen molar-refractivity contribution >= 4 is 21.6 Å². The van der Waals surface area contributed by atoms with Crippen LogP contribution in [-0.2, 0) is 6.42 Å². The van der Waals surface area contributed by atoms with Gasteiger partial charge >= 0.3 is 0 Å². The van der Waals surface area contributed by atoms with E-state index in [1.807, 2.05) is 18.2 Å². The van der Waals surface area contributed by atoms with Gasteiger partial charge in [-0.3, -0.25) is 0 Å². The SMILES string of the molecule is NC(CCc1ccccc1)c1nc2ccc(F)cc2s1. The summed E-state index contributed by atoms with van der Waals surface area (Å²) in [5.74, 6) is -0.231. The summed E-state index contributed by atoms with van der Waals surface area (Å²) in [5.41, 5.74) is 8.29. The lowest BCUT2D eigenvalue weighted by atomic mass is 10.1. The molecule has 2 aromatic carbocycles. The van der Waals surface area contributed by atoms with Crippen LogP contribution < -0.4 is 5.73 Å². The Balaban J connectivity index is 1.73. The van der Waals surface area contributed by atoms with E-state index >= 15 is 0 Å². The van der Waals surface area contributed by atoms with E-state index in [1.54, 1.807) is 6.07 Å². The average Bonchev–Trinajstić information content (AvgIpc) is 2.89. The molecule has 1 heterocycles. The maximum absolute atomic E-state index is 13.2. The first-order chi connectivity index (χ1) is 9.72. The molecule has 1 atom stereocenters.